The minimum Gasteiger partial charge on any atom is -0.480 e. The van der Waals surface area contributed by atoms with E-state index < -0.39 is 11.5 Å². The molecule has 1 atom stereocenters. The van der Waals surface area contributed by atoms with Crippen molar-refractivity contribution in [3.8, 4) is 0 Å². The van der Waals surface area contributed by atoms with Gasteiger partial charge in [0.25, 0.3) is 0 Å². The SMILES string of the molecule is NC1(C(=O)O)CCCN(Cc2ccncc2)C1. The van der Waals surface area contributed by atoms with Gasteiger partial charge in [-0.25, -0.2) is 0 Å². The van der Waals surface area contributed by atoms with Crippen molar-refractivity contribution in [2.75, 3.05) is 13.1 Å². The van der Waals surface area contributed by atoms with Crippen molar-refractivity contribution in [2.45, 2.75) is 24.9 Å². The van der Waals surface area contributed by atoms with Crippen molar-refractivity contribution in [1.82, 2.24) is 9.88 Å². The number of nitrogens with zero attached hydrogens (tertiary/aromatic N) is 2. The number of aliphatic carboxylic acids is 1. The molecule has 2 rings (SSSR count). The summed E-state index contributed by atoms with van der Waals surface area (Å²) in [7, 11) is 0. The quantitative estimate of drug-likeness (QED) is 0.795. The van der Waals surface area contributed by atoms with E-state index in [1.165, 1.54) is 0 Å². The normalized spacial score (nSPS) is 25.7. The summed E-state index contributed by atoms with van der Waals surface area (Å²) in [6.07, 6.45) is 4.86. The van der Waals surface area contributed by atoms with Gasteiger partial charge in [0.05, 0.1) is 0 Å². The summed E-state index contributed by atoms with van der Waals surface area (Å²) in [5.74, 6) is -0.906. The van der Waals surface area contributed by atoms with Crippen LogP contribution in [-0.2, 0) is 11.3 Å². The molecule has 92 valence electrons. The molecule has 1 unspecified atom stereocenters. The van der Waals surface area contributed by atoms with Gasteiger partial charge in [0, 0.05) is 25.5 Å². The highest BCUT2D eigenvalue weighted by atomic mass is 16.4. The molecule has 3 N–H and O–H groups in total. The lowest BCUT2D eigenvalue weighted by molar-refractivity contribution is -0.145. The predicted molar refractivity (Wildman–Crippen MR) is 63.3 cm³/mol. The summed E-state index contributed by atoms with van der Waals surface area (Å²) in [6.45, 7) is 2.04. The Kier molecular flexibility index (Phi) is 3.40. The maximum atomic E-state index is 11.1. The molecule has 0 spiro atoms. The van der Waals surface area contributed by atoms with Gasteiger partial charge in [0.2, 0.25) is 0 Å². The number of carbonyl (C=O) groups is 1. The monoisotopic (exact) mass is 235 g/mol. The van der Waals surface area contributed by atoms with Crippen molar-refractivity contribution in [1.29, 1.82) is 0 Å². The Labute approximate surface area is 100 Å². The fourth-order valence-electron chi connectivity index (χ4n) is 2.23. The Bertz CT molecular complexity index is 396. The summed E-state index contributed by atoms with van der Waals surface area (Å²) >= 11 is 0. The number of nitrogens with two attached hydrogens (primary N) is 1. The van der Waals surface area contributed by atoms with Crippen molar-refractivity contribution in [2.24, 2.45) is 5.73 Å². The van der Waals surface area contributed by atoms with Gasteiger partial charge in [0.15, 0.2) is 0 Å². The first-order valence-electron chi connectivity index (χ1n) is 5.74. The Hall–Kier alpha value is -1.46. The van der Waals surface area contributed by atoms with Crippen LogP contribution in [0, 0.1) is 0 Å². The molecule has 0 saturated carbocycles. The smallest absolute Gasteiger partial charge is 0.325 e. The second-order valence-electron chi connectivity index (χ2n) is 4.63. The Balaban J connectivity index is 2.01. The molecule has 1 aromatic rings. The van der Waals surface area contributed by atoms with Gasteiger partial charge in [-0.2, -0.15) is 0 Å². The van der Waals surface area contributed by atoms with Crippen LogP contribution in [0.2, 0.25) is 0 Å². The number of aromatic nitrogens is 1. The number of carboxylic acid groups (broad SMARTS) is 1. The lowest BCUT2D eigenvalue weighted by atomic mass is 9.90. The van der Waals surface area contributed by atoms with E-state index in [1.807, 2.05) is 12.1 Å². The second kappa shape index (κ2) is 4.81. The van der Waals surface area contributed by atoms with E-state index in [-0.39, 0.29) is 0 Å². The third-order valence-corrected chi connectivity index (χ3v) is 3.18. The lowest BCUT2D eigenvalue weighted by Gasteiger charge is -2.37. The van der Waals surface area contributed by atoms with E-state index in [0.29, 0.717) is 13.0 Å². The van der Waals surface area contributed by atoms with Crippen LogP contribution in [0.1, 0.15) is 18.4 Å². The minimum absolute atomic E-state index is 0.407. The maximum Gasteiger partial charge on any atom is 0.325 e. The van der Waals surface area contributed by atoms with Gasteiger partial charge in [-0.05, 0) is 37.1 Å². The number of carboxylic acids is 1. The molecule has 1 aliphatic heterocycles. The van der Waals surface area contributed by atoms with E-state index >= 15 is 0 Å². The molecule has 17 heavy (non-hydrogen) atoms. The topological polar surface area (TPSA) is 79.5 Å². The van der Waals surface area contributed by atoms with Crippen LogP contribution in [0.3, 0.4) is 0 Å². The van der Waals surface area contributed by atoms with Crippen molar-refractivity contribution >= 4 is 5.97 Å². The number of pyridine rings is 1. The van der Waals surface area contributed by atoms with E-state index in [4.69, 9.17) is 10.8 Å². The highest BCUT2D eigenvalue weighted by Crippen LogP contribution is 2.20. The van der Waals surface area contributed by atoms with Crippen LogP contribution < -0.4 is 5.73 Å². The predicted octanol–water partition coefficient (Wildman–Crippen LogP) is 0.459. The number of piperidine rings is 1. The lowest BCUT2D eigenvalue weighted by Crippen LogP contribution is -2.59. The number of rotatable bonds is 3. The summed E-state index contributed by atoms with van der Waals surface area (Å²) in [5, 5.41) is 9.12. The van der Waals surface area contributed by atoms with Gasteiger partial charge in [-0.3, -0.25) is 14.7 Å². The highest BCUT2D eigenvalue weighted by molar-refractivity contribution is 5.78. The summed E-state index contributed by atoms with van der Waals surface area (Å²) in [4.78, 5) is 17.2. The molecule has 0 aliphatic carbocycles. The van der Waals surface area contributed by atoms with E-state index in [2.05, 4.69) is 9.88 Å². The average molecular weight is 235 g/mol. The molecule has 0 amide bonds. The molecule has 5 heteroatoms. The molecule has 1 aliphatic rings. The largest absolute Gasteiger partial charge is 0.480 e. The molecular formula is C12H17N3O2. The maximum absolute atomic E-state index is 11.1. The van der Waals surface area contributed by atoms with Crippen molar-refractivity contribution < 1.29 is 9.90 Å². The molecule has 0 aromatic carbocycles. The molecule has 0 bridgehead atoms. The molecule has 5 nitrogen and oxygen atoms in total. The van der Waals surface area contributed by atoms with Gasteiger partial charge in [-0.1, -0.05) is 0 Å². The van der Waals surface area contributed by atoms with Gasteiger partial charge in [-0.15, -0.1) is 0 Å². The van der Waals surface area contributed by atoms with Crippen LogP contribution in [0.15, 0.2) is 24.5 Å². The summed E-state index contributed by atoms with van der Waals surface area (Å²) in [6, 6.07) is 3.88. The van der Waals surface area contributed by atoms with Gasteiger partial charge < -0.3 is 10.8 Å². The minimum atomic E-state index is -1.09. The first-order valence-corrected chi connectivity index (χ1v) is 5.74. The zero-order valence-electron chi connectivity index (χ0n) is 9.67. The third-order valence-electron chi connectivity index (χ3n) is 3.18. The molecule has 2 heterocycles. The highest BCUT2D eigenvalue weighted by Gasteiger charge is 2.38. The molecule has 1 fully saturated rings. The molecule has 1 aromatic heterocycles. The fourth-order valence-corrected chi connectivity index (χ4v) is 2.23. The van der Waals surface area contributed by atoms with Crippen LogP contribution >= 0.6 is 0 Å². The molecule has 0 radical (unpaired) electrons. The Morgan fingerprint density at radius 3 is 2.88 bits per heavy atom. The van der Waals surface area contributed by atoms with Gasteiger partial charge in [0.1, 0.15) is 5.54 Å². The van der Waals surface area contributed by atoms with Crippen LogP contribution in [0.5, 0.6) is 0 Å². The van der Waals surface area contributed by atoms with E-state index in [9.17, 15) is 4.79 Å². The number of hydrogen-bond donors (Lipinski definition) is 2. The zero-order valence-corrected chi connectivity index (χ0v) is 9.67. The third kappa shape index (κ3) is 2.81. The first-order chi connectivity index (χ1) is 8.10. The van der Waals surface area contributed by atoms with Crippen LogP contribution in [0.25, 0.3) is 0 Å². The summed E-state index contributed by atoms with van der Waals surface area (Å²) in [5.41, 5.74) is 5.93. The van der Waals surface area contributed by atoms with Gasteiger partial charge >= 0.3 is 5.97 Å². The van der Waals surface area contributed by atoms with Crippen molar-refractivity contribution in [3.63, 3.8) is 0 Å². The average Bonchev–Trinajstić information content (AvgIpc) is 2.30. The summed E-state index contributed by atoms with van der Waals surface area (Å²) < 4.78 is 0. The fraction of sp³-hybridized carbons (Fsp3) is 0.500. The van der Waals surface area contributed by atoms with Crippen molar-refractivity contribution in [3.05, 3.63) is 30.1 Å². The Morgan fingerprint density at radius 1 is 1.53 bits per heavy atom. The molecular weight excluding hydrogens is 218 g/mol. The number of likely N-dealkylation sites (tertiary alicyclic amines) is 1. The number of hydrogen-bond acceptors (Lipinski definition) is 4. The first kappa shape index (κ1) is 12.0. The standard InChI is InChI=1S/C12H17N3O2/c13-12(11(16)17)4-1-7-15(9-12)8-10-2-5-14-6-3-10/h2-3,5-6H,1,4,7-9,13H2,(H,16,17). The van der Waals surface area contributed by atoms with Crippen LogP contribution in [0.4, 0.5) is 0 Å². The Morgan fingerprint density at radius 2 is 2.24 bits per heavy atom. The molecule has 1 saturated heterocycles. The van der Waals surface area contributed by atoms with E-state index in [0.717, 1.165) is 25.1 Å². The zero-order chi connectivity index (χ0) is 12.3. The van der Waals surface area contributed by atoms with Crippen LogP contribution in [-0.4, -0.2) is 39.6 Å². The second-order valence-corrected chi connectivity index (χ2v) is 4.63. The van der Waals surface area contributed by atoms with E-state index in [1.54, 1.807) is 12.4 Å².